The molecule has 39 heavy (non-hydrogen) atoms. The lowest BCUT2D eigenvalue weighted by Crippen LogP contribution is -2.49. The number of rotatable bonds is 7. The van der Waals surface area contributed by atoms with Crippen molar-refractivity contribution >= 4 is 28.8 Å². The first-order chi connectivity index (χ1) is 18.6. The lowest BCUT2D eigenvalue weighted by molar-refractivity contribution is -0.138. The second-order valence-corrected chi connectivity index (χ2v) is 10.2. The van der Waals surface area contributed by atoms with Crippen molar-refractivity contribution in [2.24, 2.45) is 5.73 Å². The van der Waals surface area contributed by atoms with E-state index in [1.807, 2.05) is 16.5 Å². The van der Waals surface area contributed by atoms with E-state index < -0.39 is 17.6 Å². The van der Waals surface area contributed by atoms with Crippen molar-refractivity contribution in [3.05, 3.63) is 48.0 Å². The zero-order valence-electron chi connectivity index (χ0n) is 21.6. The molecule has 2 fully saturated rings. The molecule has 13 heteroatoms. The van der Waals surface area contributed by atoms with Gasteiger partial charge in [0.15, 0.2) is 0 Å². The van der Waals surface area contributed by atoms with Gasteiger partial charge < -0.3 is 20.1 Å². The van der Waals surface area contributed by atoms with Crippen molar-refractivity contribution in [3.63, 3.8) is 0 Å². The third kappa shape index (κ3) is 5.82. The average molecular weight is 545 g/mol. The predicted octanol–water partition coefficient (Wildman–Crippen LogP) is 2.54. The molecule has 3 aromatic rings. The fourth-order valence-corrected chi connectivity index (χ4v) is 5.47. The van der Waals surface area contributed by atoms with Crippen LogP contribution in [0.1, 0.15) is 41.6 Å². The maximum absolute atomic E-state index is 13.2. The van der Waals surface area contributed by atoms with Crippen LogP contribution in [0.4, 0.5) is 19.1 Å². The molecule has 2 aliphatic heterocycles. The van der Waals surface area contributed by atoms with Crippen LogP contribution in [-0.4, -0.2) is 86.4 Å². The largest absolute Gasteiger partial charge is 0.419 e. The standard InChI is InChI=1S/C26H31F3N8O2/c1-34(19-6-9-35(10-7-19)25-31-12-18(13-32-25)26(27,28)29)23(38)15-36-8-2-3-20(36)14-37-16-33-21-5-4-17(24(30)39)11-22(21)37/h4-5,11-13,16,19-20H,2-3,6-10,14-15H2,1H3,(H2,30,39). The monoisotopic (exact) mass is 544 g/mol. The summed E-state index contributed by atoms with van der Waals surface area (Å²) in [5.41, 5.74) is 6.63. The summed E-state index contributed by atoms with van der Waals surface area (Å²) in [5, 5.41) is 0. The highest BCUT2D eigenvalue weighted by atomic mass is 19.4. The van der Waals surface area contributed by atoms with Crippen molar-refractivity contribution in [3.8, 4) is 0 Å². The maximum atomic E-state index is 13.2. The molecule has 2 aliphatic rings. The van der Waals surface area contributed by atoms with Gasteiger partial charge >= 0.3 is 6.18 Å². The number of imidazole rings is 1. The summed E-state index contributed by atoms with van der Waals surface area (Å²) in [6.07, 6.45) is 2.21. The number of fused-ring (bicyclic) bond motifs is 1. The number of hydrogen-bond acceptors (Lipinski definition) is 7. The second kappa shape index (κ2) is 10.8. The minimum absolute atomic E-state index is 0.0362. The van der Waals surface area contributed by atoms with Crippen LogP contribution in [-0.2, 0) is 17.5 Å². The van der Waals surface area contributed by atoms with Crippen LogP contribution in [0.5, 0.6) is 0 Å². The maximum Gasteiger partial charge on any atom is 0.419 e. The van der Waals surface area contributed by atoms with E-state index in [-0.39, 0.29) is 23.9 Å². The first kappa shape index (κ1) is 26.9. The number of likely N-dealkylation sites (tertiary alicyclic amines) is 1. The number of primary amides is 1. The van der Waals surface area contributed by atoms with Gasteiger partial charge in [0.05, 0.1) is 29.5 Å². The number of nitrogens with zero attached hydrogens (tertiary/aromatic N) is 7. The number of benzene rings is 1. The van der Waals surface area contributed by atoms with Crippen molar-refractivity contribution < 1.29 is 22.8 Å². The zero-order valence-corrected chi connectivity index (χ0v) is 21.6. The molecule has 4 heterocycles. The number of likely N-dealkylation sites (N-methyl/N-ethyl adjacent to an activating group) is 1. The Kier molecular flexibility index (Phi) is 7.43. The Bertz CT molecular complexity index is 1340. The normalized spacial score (nSPS) is 19.1. The van der Waals surface area contributed by atoms with E-state index in [4.69, 9.17) is 5.73 Å². The molecule has 0 spiro atoms. The van der Waals surface area contributed by atoms with Gasteiger partial charge in [-0.1, -0.05) is 0 Å². The van der Waals surface area contributed by atoms with Gasteiger partial charge in [0, 0.05) is 56.7 Å². The van der Waals surface area contributed by atoms with Gasteiger partial charge in [0.2, 0.25) is 17.8 Å². The predicted molar refractivity (Wildman–Crippen MR) is 138 cm³/mol. The fraction of sp³-hybridized carbons (Fsp3) is 0.500. The Morgan fingerprint density at radius 2 is 1.79 bits per heavy atom. The molecular formula is C26H31F3N8O2. The second-order valence-electron chi connectivity index (χ2n) is 10.2. The van der Waals surface area contributed by atoms with Crippen LogP contribution in [0.25, 0.3) is 11.0 Å². The molecule has 10 nitrogen and oxygen atoms in total. The van der Waals surface area contributed by atoms with E-state index in [1.54, 1.807) is 29.4 Å². The summed E-state index contributed by atoms with van der Waals surface area (Å²) < 4.78 is 40.4. The Morgan fingerprint density at radius 3 is 2.46 bits per heavy atom. The number of hydrogen-bond donors (Lipinski definition) is 1. The SMILES string of the molecule is CN(C(=O)CN1CCCC1Cn1cnc2ccc(C(N)=O)cc21)C1CCN(c2ncc(C(F)(F)F)cn2)CC1. The molecule has 5 rings (SSSR count). The quantitative estimate of drug-likeness (QED) is 0.486. The summed E-state index contributed by atoms with van der Waals surface area (Å²) in [7, 11) is 1.82. The van der Waals surface area contributed by atoms with Gasteiger partial charge in [-0.05, 0) is 50.4 Å². The number of amides is 2. The van der Waals surface area contributed by atoms with Crippen LogP contribution >= 0.6 is 0 Å². The molecular weight excluding hydrogens is 513 g/mol. The Hall–Kier alpha value is -3.74. The van der Waals surface area contributed by atoms with E-state index in [2.05, 4.69) is 19.9 Å². The van der Waals surface area contributed by atoms with Crippen molar-refractivity contribution in [1.29, 1.82) is 0 Å². The van der Waals surface area contributed by atoms with E-state index in [0.29, 0.717) is 44.6 Å². The Balaban J connectivity index is 1.16. The number of carbonyl (C=O) groups is 2. The topological polar surface area (TPSA) is 113 Å². The highest BCUT2D eigenvalue weighted by molar-refractivity contribution is 5.96. The molecule has 2 N–H and O–H groups in total. The lowest BCUT2D eigenvalue weighted by atomic mass is 10.0. The smallest absolute Gasteiger partial charge is 0.366 e. The molecule has 0 bridgehead atoms. The molecule has 0 radical (unpaired) electrons. The van der Waals surface area contributed by atoms with Gasteiger partial charge in [0.1, 0.15) is 0 Å². The highest BCUT2D eigenvalue weighted by Gasteiger charge is 2.33. The minimum atomic E-state index is -4.47. The molecule has 208 valence electrons. The highest BCUT2D eigenvalue weighted by Crippen LogP contribution is 2.29. The van der Waals surface area contributed by atoms with Gasteiger partial charge in [-0.25, -0.2) is 15.0 Å². The van der Waals surface area contributed by atoms with Gasteiger partial charge in [-0.2, -0.15) is 13.2 Å². The average Bonchev–Trinajstić information content (AvgIpc) is 3.54. The number of alkyl halides is 3. The van der Waals surface area contributed by atoms with Crippen LogP contribution in [0.15, 0.2) is 36.9 Å². The van der Waals surface area contributed by atoms with E-state index in [0.717, 1.165) is 42.8 Å². The van der Waals surface area contributed by atoms with E-state index in [9.17, 15) is 22.8 Å². The first-order valence-corrected chi connectivity index (χ1v) is 13.0. The van der Waals surface area contributed by atoms with Crippen LogP contribution < -0.4 is 10.6 Å². The van der Waals surface area contributed by atoms with E-state index >= 15 is 0 Å². The molecule has 2 amide bonds. The fourth-order valence-electron chi connectivity index (χ4n) is 5.47. The molecule has 1 atom stereocenters. The van der Waals surface area contributed by atoms with Gasteiger partial charge in [-0.15, -0.1) is 0 Å². The minimum Gasteiger partial charge on any atom is -0.366 e. The van der Waals surface area contributed by atoms with Crippen molar-refractivity contribution in [2.45, 2.75) is 50.5 Å². The first-order valence-electron chi connectivity index (χ1n) is 13.0. The molecule has 0 saturated carbocycles. The molecule has 1 unspecified atom stereocenters. The number of carbonyl (C=O) groups excluding carboxylic acids is 2. The number of aromatic nitrogens is 4. The lowest BCUT2D eigenvalue weighted by Gasteiger charge is -2.37. The van der Waals surface area contributed by atoms with E-state index in [1.165, 1.54) is 0 Å². The van der Waals surface area contributed by atoms with Crippen molar-refractivity contribution in [1.82, 2.24) is 29.3 Å². The Morgan fingerprint density at radius 1 is 1.08 bits per heavy atom. The van der Waals surface area contributed by atoms with Gasteiger partial charge in [0.25, 0.3) is 0 Å². The zero-order chi connectivity index (χ0) is 27.7. The molecule has 0 aliphatic carbocycles. The summed E-state index contributed by atoms with van der Waals surface area (Å²) in [4.78, 5) is 42.9. The molecule has 1 aromatic carbocycles. The van der Waals surface area contributed by atoms with Crippen molar-refractivity contribution in [2.75, 3.05) is 38.1 Å². The number of piperidine rings is 1. The van der Waals surface area contributed by atoms with Crippen LogP contribution in [0, 0.1) is 0 Å². The third-order valence-electron chi connectivity index (χ3n) is 7.80. The number of halogens is 3. The summed E-state index contributed by atoms with van der Waals surface area (Å²) in [5.74, 6) is -0.179. The van der Waals surface area contributed by atoms with Crippen LogP contribution in [0.2, 0.25) is 0 Å². The molecule has 2 aromatic heterocycles. The Labute approximate surface area is 223 Å². The molecule has 2 saturated heterocycles. The van der Waals surface area contributed by atoms with Crippen LogP contribution in [0.3, 0.4) is 0 Å². The summed E-state index contributed by atoms with van der Waals surface area (Å²) >= 11 is 0. The summed E-state index contributed by atoms with van der Waals surface area (Å²) in [6.45, 7) is 2.90. The number of nitrogens with two attached hydrogens (primary N) is 1. The van der Waals surface area contributed by atoms with Gasteiger partial charge in [-0.3, -0.25) is 14.5 Å². The summed E-state index contributed by atoms with van der Waals surface area (Å²) in [6, 6.07) is 5.40. The number of anilines is 1. The third-order valence-corrected chi connectivity index (χ3v) is 7.80.